The number of nitro benzene ring substituents is 1. The fourth-order valence-corrected chi connectivity index (χ4v) is 0.969. The number of ether oxygens (including phenoxy) is 1. The molecule has 1 aromatic carbocycles. The number of morpholine rings is 1. The first-order chi connectivity index (χ1) is 7.30. The Bertz CT molecular complexity index is 280. The quantitative estimate of drug-likeness (QED) is 0.451. The SMILES string of the molecule is C1COCC[N-]1.O=[N+]([O-])c1c[c-]ccc1.[Y]. The Morgan fingerprint density at radius 3 is 2.38 bits per heavy atom. The van der Waals surface area contributed by atoms with E-state index in [-0.39, 0.29) is 38.4 Å². The minimum atomic E-state index is -0.448. The van der Waals surface area contributed by atoms with Gasteiger partial charge in [0, 0.05) is 50.8 Å². The molecule has 0 atom stereocenters. The molecule has 5 nitrogen and oxygen atoms in total. The Morgan fingerprint density at radius 1 is 1.44 bits per heavy atom. The molecule has 1 aliphatic heterocycles. The summed E-state index contributed by atoms with van der Waals surface area (Å²) in [6, 6.07) is 8.56. The first kappa shape index (κ1) is 15.6. The summed E-state index contributed by atoms with van der Waals surface area (Å²) in [4.78, 5) is 9.54. The van der Waals surface area contributed by atoms with E-state index < -0.39 is 4.92 Å². The minimum absolute atomic E-state index is 0. The van der Waals surface area contributed by atoms with Gasteiger partial charge < -0.3 is 10.1 Å². The maximum Gasteiger partial charge on any atom is 0.163 e. The van der Waals surface area contributed by atoms with Crippen LogP contribution in [0, 0.1) is 16.2 Å². The summed E-state index contributed by atoms with van der Waals surface area (Å²) in [7, 11) is 0. The van der Waals surface area contributed by atoms with Gasteiger partial charge in [-0.2, -0.15) is 18.2 Å². The van der Waals surface area contributed by atoms with Crippen molar-refractivity contribution in [3.05, 3.63) is 45.8 Å². The van der Waals surface area contributed by atoms with Gasteiger partial charge in [0.05, 0.1) is 0 Å². The van der Waals surface area contributed by atoms with Crippen molar-refractivity contribution in [3.8, 4) is 0 Å². The third-order valence-electron chi connectivity index (χ3n) is 1.69. The molecule has 0 N–H and O–H groups in total. The third kappa shape index (κ3) is 7.01. The predicted octanol–water partition coefficient (Wildman–Crippen LogP) is 1.78. The molecule has 1 heterocycles. The van der Waals surface area contributed by atoms with Gasteiger partial charge in [-0.25, -0.2) is 0 Å². The average molecular weight is 297 g/mol. The maximum absolute atomic E-state index is 9.99. The largest absolute Gasteiger partial charge is 0.659 e. The molecule has 0 aliphatic carbocycles. The molecule has 6 heteroatoms. The zero-order valence-electron chi connectivity index (χ0n) is 8.83. The van der Waals surface area contributed by atoms with Crippen LogP contribution in [-0.4, -0.2) is 31.2 Å². The van der Waals surface area contributed by atoms with Crippen LogP contribution in [0.5, 0.6) is 0 Å². The molecule has 0 spiro atoms. The van der Waals surface area contributed by atoms with Crippen LogP contribution in [0.3, 0.4) is 0 Å². The molecule has 1 radical (unpaired) electrons. The van der Waals surface area contributed by atoms with Gasteiger partial charge in [0.25, 0.3) is 0 Å². The van der Waals surface area contributed by atoms with Crippen molar-refractivity contribution in [1.82, 2.24) is 0 Å². The van der Waals surface area contributed by atoms with E-state index >= 15 is 0 Å². The Balaban J connectivity index is 0.000000283. The van der Waals surface area contributed by atoms with E-state index in [4.69, 9.17) is 4.74 Å². The van der Waals surface area contributed by atoms with Crippen LogP contribution in [-0.2, 0) is 37.4 Å². The van der Waals surface area contributed by atoms with Crippen LogP contribution in [0.2, 0.25) is 0 Å². The van der Waals surface area contributed by atoms with Gasteiger partial charge in [-0.15, -0.1) is 19.2 Å². The zero-order chi connectivity index (χ0) is 10.9. The van der Waals surface area contributed by atoms with Crippen molar-refractivity contribution < 1.29 is 42.4 Å². The van der Waals surface area contributed by atoms with Gasteiger partial charge in [0.15, 0.2) is 5.69 Å². The van der Waals surface area contributed by atoms with Crippen LogP contribution in [0.25, 0.3) is 5.32 Å². The maximum atomic E-state index is 9.99. The molecule has 0 bridgehead atoms. The number of nitro groups is 1. The number of rotatable bonds is 1. The van der Waals surface area contributed by atoms with Gasteiger partial charge in [0.2, 0.25) is 0 Å². The molecule has 2 rings (SSSR count). The summed E-state index contributed by atoms with van der Waals surface area (Å²) in [5.74, 6) is 0. The molecule has 0 unspecified atom stereocenters. The van der Waals surface area contributed by atoms with Gasteiger partial charge in [-0.1, -0.05) is 6.07 Å². The fourth-order valence-electron chi connectivity index (χ4n) is 0.969. The molecule has 0 saturated carbocycles. The van der Waals surface area contributed by atoms with Gasteiger partial charge in [0.1, 0.15) is 0 Å². The van der Waals surface area contributed by atoms with E-state index in [2.05, 4.69) is 11.4 Å². The van der Waals surface area contributed by atoms with Crippen LogP contribution in [0.1, 0.15) is 0 Å². The molecule has 1 aromatic rings. The Kier molecular flexibility index (Phi) is 9.62. The van der Waals surface area contributed by atoms with Crippen molar-refractivity contribution in [2.45, 2.75) is 0 Å². The van der Waals surface area contributed by atoms with Crippen molar-refractivity contribution >= 4 is 5.69 Å². The molecule has 1 fully saturated rings. The van der Waals surface area contributed by atoms with E-state index in [0.717, 1.165) is 26.3 Å². The first-order valence-corrected chi connectivity index (χ1v) is 4.62. The number of non-ortho nitro benzene ring substituents is 1. The number of hydrogen-bond donors (Lipinski definition) is 0. The summed E-state index contributed by atoms with van der Waals surface area (Å²) in [6.45, 7) is 3.47. The standard InChI is InChI=1S/C6H4NO2.C4H8NO.Y/c8-7(9)6-4-2-1-3-5-6;1-3-6-4-2-5-1;/h1-2,4-5H;1-4H2;/q2*-1;. The van der Waals surface area contributed by atoms with Crippen molar-refractivity contribution in [3.63, 3.8) is 0 Å². The Morgan fingerprint density at radius 2 is 2.12 bits per heavy atom. The molecule has 0 aromatic heterocycles. The second-order valence-corrected chi connectivity index (χ2v) is 2.80. The second-order valence-electron chi connectivity index (χ2n) is 2.80. The summed E-state index contributed by atoms with van der Waals surface area (Å²) in [5.41, 5.74) is 0.0810. The summed E-state index contributed by atoms with van der Waals surface area (Å²) < 4.78 is 4.98. The monoisotopic (exact) mass is 297 g/mol. The fraction of sp³-hybridized carbons (Fsp3) is 0.400. The van der Waals surface area contributed by atoms with Gasteiger partial charge in [-0.05, 0) is 0 Å². The normalized spacial score (nSPS) is 14.0. The second kappa shape index (κ2) is 9.84. The molecule has 16 heavy (non-hydrogen) atoms. The van der Waals surface area contributed by atoms with Crippen LogP contribution < -0.4 is 0 Å². The van der Waals surface area contributed by atoms with Gasteiger partial charge in [-0.3, -0.25) is 10.1 Å². The molecule has 0 amide bonds. The molecular weight excluding hydrogens is 285 g/mol. The first-order valence-electron chi connectivity index (χ1n) is 4.62. The molecule has 85 valence electrons. The Labute approximate surface area is 120 Å². The average Bonchev–Trinajstić information content (AvgIpc) is 2.33. The van der Waals surface area contributed by atoms with E-state index in [1.54, 1.807) is 12.1 Å². The number of nitrogens with zero attached hydrogens (tertiary/aromatic N) is 2. The third-order valence-corrected chi connectivity index (χ3v) is 1.69. The molecule has 1 saturated heterocycles. The number of hydrogen-bond acceptors (Lipinski definition) is 3. The van der Waals surface area contributed by atoms with Crippen LogP contribution in [0.4, 0.5) is 5.69 Å². The summed E-state index contributed by atoms with van der Waals surface area (Å²) in [6.07, 6.45) is 0. The summed E-state index contributed by atoms with van der Waals surface area (Å²) in [5, 5.41) is 14.0. The van der Waals surface area contributed by atoms with E-state index in [0.29, 0.717) is 0 Å². The van der Waals surface area contributed by atoms with Crippen LogP contribution >= 0.6 is 0 Å². The Hall–Kier alpha value is -0.356. The van der Waals surface area contributed by atoms with Crippen molar-refractivity contribution in [1.29, 1.82) is 0 Å². The smallest absolute Gasteiger partial charge is 0.163 e. The molecule has 1 aliphatic rings. The topological polar surface area (TPSA) is 66.5 Å². The summed E-state index contributed by atoms with van der Waals surface area (Å²) >= 11 is 0. The van der Waals surface area contributed by atoms with E-state index in [9.17, 15) is 10.1 Å². The van der Waals surface area contributed by atoms with E-state index in [1.807, 2.05) is 0 Å². The molecular formula is C10H12N2O3Y-2. The van der Waals surface area contributed by atoms with Crippen molar-refractivity contribution in [2.75, 3.05) is 26.3 Å². The zero-order valence-corrected chi connectivity index (χ0v) is 11.7. The van der Waals surface area contributed by atoms with Crippen molar-refractivity contribution in [2.24, 2.45) is 0 Å². The van der Waals surface area contributed by atoms with Crippen LogP contribution in [0.15, 0.2) is 24.3 Å². The van der Waals surface area contributed by atoms with Gasteiger partial charge >= 0.3 is 0 Å². The van der Waals surface area contributed by atoms with E-state index in [1.165, 1.54) is 12.1 Å². The predicted molar refractivity (Wildman–Crippen MR) is 55.8 cm³/mol. The number of benzene rings is 1. The minimum Gasteiger partial charge on any atom is -0.659 e.